The predicted octanol–water partition coefficient (Wildman–Crippen LogP) is 0.750. The van der Waals surface area contributed by atoms with E-state index in [0.717, 1.165) is 17.2 Å². The number of amides is 1. The largest absolute Gasteiger partial charge is 0.367 e. The Kier molecular flexibility index (Phi) is 2.67. The second-order valence-corrected chi connectivity index (χ2v) is 5.31. The molecule has 106 valence electrons. The Morgan fingerprint density at radius 3 is 2.80 bits per heavy atom. The first kappa shape index (κ1) is 12.8. The van der Waals surface area contributed by atoms with Gasteiger partial charge in [-0.25, -0.2) is 9.37 Å². The smallest absolute Gasteiger partial charge is 0.257 e. The fraction of sp³-hybridized carbons (Fsp3) is 0.462. The van der Waals surface area contributed by atoms with Crippen LogP contribution in [0.2, 0.25) is 0 Å². The first-order valence-electron chi connectivity index (χ1n) is 6.47. The van der Waals surface area contributed by atoms with Gasteiger partial charge in [-0.2, -0.15) is 9.61 Å². The van der Waals surface area contributed by atoms with Gasteiger partial charge in [0.1, 0.15) is 5.82 Å². The number of rotatable bonds is 2. The third kappa shape index (κ3) is 1.90. The van der Waals surface area contributed by atoms with Crippen LogP contribution >= 0.6 is 0 Å². The maximum Gasteiger partial charge on any atom is 0.257 e. The molecule has 20 heavy (non-hydrogen) atoms. The van der Waals surface area contributed by atoms with Crippen LogP contribution in [-0.4, -0.2) is 39.3 Å². The molecule has 0 bridgehead atoms. The summed E-state index contributed by atoms with van der Waals surface area (Å²) in [6, 6.07) is 3.70. The van der Waals surface area contributed by atoms with E-state index in [-0.39, 0.29) is 13.0 Å². The Morgan fingerprint density at radius 2 is 2.15 bits per heavy atom. The van der Waals surface area contributed by atoms with E-state index in [0.29, 0.717) is 12.2 Å². The second-order valence-electron chi connectivity index (χ2n) is 5.31. The summed E-state index contributed by atoms with van der Waals surface area (Å²) < 4.78 is 16.0. The lowest BCUT2D eigenvalue weighted by Crippen LogP contribution is -2.42. The maximum atomic E-state index is 14.3. The number of carbonyl (C=O) groups excluding carboxylic acids is 1. The van der Waals surface area contributed by atoms with Crippen LogP contribution in [0.5, 0.6) is 0 Å². The Hall–Kier alpha value is -2.18. The van der Waals surface area contributed by atoms with Crippen molar-refractivity contribution < 1.29 is 9.18 Å². The van der Waals surface area contributed by atoms with Crippen molar-refractivity contribution in [2.75, 3.05) is 18.0 Å². The monoisotopic (exact) mass is 277 g/mol. The summed E-state index contributed by atoms with van der Waals surface area (Å²) >= 11 is 0. The maximum absolute atomic E-state index is 14.3. The van der Waals surface area contributed by atoms with Crippen molar-refractivity contribution in [1.82, 2.24) is 14.6 Å². The predicted molar refractivity (Wildman–Crippen MR) is 72.3 cm³/mol. The van der Waals surface area contributed by atoms with Crippen LogP contribution in [0.4, 0.5) is 10.2 Å². The number of carbonyl (C=O) groups is 1. The van der Waals surface area contributed by atoms with Gasteiger partial charge in [-0.15, -0.1) is 0 Å². The summed E-state index contributed by atoms with van der Waals surface area (Å²) in [5.41, 5.74) is 5.55. The molecule has 1 unspecified atom stereocenters. The molecule has 1 amide bonds. The molecule has 0 aliphatic carbocycles. The first-order valence-corrected chi connectivity index (χ1v) is 6.47. The van der Waals surface area contributed by atoms with Gasteiger partial charge >= 0.3 is 0 Å². The summed E-state index contributed by atoms with van der Waals surface area (Å²) in [5.74, 6) is -0.167. The molecule has 1 saturated heterocycles. The van der Waals surface area contributed by atoms with Gasteiger partial charge in [-0.05, 0) is 13.8 Å². The van der Waals surface area contributed by atoms with Gasteiger partial charge in [0.15, 0.2) is 5.65 Å². The van der Waals surface area contributed by atoms with Gasteiger partial charge in [-0.3, -0.25) is 4.79 Å². The molecule has 2 aromatic rings. The number of nitrogens with two attached hydrogens (primary N) is 1. The van der Waals surface area contributed by atoms with E-state index in [4.69, 9.17) is 5.73 Å². The van der Waals surface area contributed by atoms with E-state index < -0.39 is 11.6 Å². The molecule has 0 saturated carbocycles. The number of aryl methyl sites for hydroxylation is 2. The molecule has 6 nitrogen and oxygen atoms in total. The number of fused-ring (bicyclic) bond motifs is 1. The summed E-state index contributed by atoms with van der Waals surface area (Å²) in [6.07, 6.45) is 0.103. The molecule has 1 fully saturated rings. The summed E-state index contributed by atoms with van der Waals surface area (Å²) in [4.78, 5) is 17.4. The zero-order valence-electron chi connectivity index (χ0n) is 11.4. The molecule has 7 heteroatoms. The van der Waals surface area contributed by atoms with Crippen LogP contribution < -0.4 is 10.6 Å². The van der Waals surface area contributed by atoms with Crippen molar-refractivity contribution in [3.8, 4) is 0 Å². The number of hydrogen-bond acceptors (Lipinski definition) is 4. The molecule has 2 N–H and O–H groups in total. The van der Waals surface area contributed by atoms with E-state index >= 15 is 0 Å². The van der Waals surface area contributed by atoms with Crippen LogP contribution in [0.15, 0.2) is 12.1 Å². The lowest BCUT2D eigenvalue weighted by Gasteiger charge is -2.21. The fourth-order valence-electron chi connectivity index (χ4n) is 2.59. The van der Waals surface area contributed by atoms with E-state index in [2.05, 4.69) is 10.1 Å². The van der Waals surface area contributed by atoms with Crippen LogP contribution in [0, 0.1) is 13.8 Å². The number of primary amides is 1. The third-order valence-electron chi connectivity index (χ3n) is 3.64. The van der Waals surface area contributed by atoms with Crippen molar-refractivity contribution in [1.29, 1.82) is 0 Å². The number of aromatic nitrogens is 3. The highest BCUT2D eigenvalue weighted by molar-refractivity contribution is 5.85. The Balaban J connectivity index is 2.05. The summed E-state index contributed by atoms with van der Waals surface area (Å²) in [5, 5.41) is 4.37. The number of alkyl halides is 1. The van der Waals surface area contributed by atoms with Crippen molar-refractivity contribution in [2.45, 2.75) is 25.9 Å². The molecule has 3 rings (SSSR count). The molecule has 1 aliphatic rings. The highest BCUT2D eigenvalue weighted by Crippen LogP contribution is 2.30. The average molecular weight is 277 g/mol. The highest BCUT2D eigenvalue weighted by Gasteiger charge is 2.44. The van der Waals surface area contributed by atoms with Crippen molar-refractivity contribution in [2.24, 2.45) is 5.73 Å². The zero-order chi connectivity index (χ0) is 14.5. The van der Waals surface area contributed by atoms with Crippen molar-refractivity contribution >= 4 is 17.4 Å². The SMILES string of the molecule is Cc1cc(N2CCC(F)(C(N)=O)C2)n2nc(C)cc2n1. The zero-order valence-corrected chi connectivity index (χ0v) is 11.4. The molecule has 1 atom stereocenters. The Labute approximate surface area is 115 Å². The number of hydrogen-bond donors (Lipinski definition) is 1. The minimum absolute atomic E-state index is 0.0419. The first-order chi connectivity index (χ1) is 9.39. The molecule has 0 radical (unpaired) electrons. The minimum Gasteiger partial charge on any atom is -0.367 e. The van der Waals surface area contributed by atoms with Gasteiger partial charge in [0.2, 0.25) is 5.67 Å². The number of nitrogens with zero attached hydrogens (tertiary/aromatic N) is 4. The molecular weight excluding hydrogens is 261 g/mol. The molecule has 3 heterocycles. The molecule has 1 aliphatic heterocycles. The van der Waals surface area contributed by atoms with Crippen LogP contribution in [-0.2, 0) is 4.79 Å². The normalized spacial score (nSPS) is 22.6. The quantitative estimate of drug-likeness (QED) is 0.878. The number of halogens is 1. The van der Waals surface area contributed by atoms with E-state index in [1.165, 1.54) is 0 Å². The van der Waals surface area contributed by atoms with E-state index in [1.54, 1.807) is 9.42 Å². The van der Waals surface area contributed by atoms with Gasteiger partial charge < -0.3 is 10.6 Å². The minimum atomic E-state index is -1.97. The topological polar surface area (TPSA) is 76.5 Å². The molecule has 2 aromatic heterocycles. The van der Waals surface area contributed by atoms with Crippen LogP contribution in [0.1, 0.15) is 17.8 Å². The van der Waals surface area contributed by atoms with Crippen LogP contribution in [0.3, 0.4) is 0 Å². The summed E-state index contributed by atoms with van der Waals surface area (Å²) in [7, 11) is 0. The highest BCUT2D eigenvalue weighted by atomic mass is 19.1. The second kappa shape index (κ2) is 4.16. The molecule has 0 aromatic carbocycles. The Morgan fingerprint density at radius 1 is 1.40 bits per heavy atom. The third-order valence-corrected chi connectivity index (χ3v) is 3.64. The molecular formula is C13H16FN5O. The lowest BCUT2D eigenvalue weighted by atomic mass is 10.1. The standard InChI is InChI=1S/C13H16FN5O/c1-8-6-11(19-10(16-8)5-9(2)17-19)18-4-3-13(14,7-18)12(15)20/h5-6H,3-4,7H2,1-2H3,(H2,15,20). The van der Waals surface area contributed by atoms with Gasteiger partial charge in [-0.1, -0.05) is 0 Å². The van der Waals surface area contributed by atoms with Gasteiger partial charge in [0.25, 0.3) is 5.91 Å². The summed E-state index contributed by atoms with van der Waals surface area (Å²) in [6.45, 7) is 4.13. The fourth-order valence-corrected chi connectivity index (χ4v) is 2.59. The van der Waals surface area contributed by atoms with Gasteiger partial charge in [0.05, 0.1) is 12.2 Å². The average Bonchev–Trinajstić information content (AvgIpc) is 2.91. The van der Waals surface area contributed by atoms with E-state index in [9.17, 15) is 9.18 Å². The molecule has 0 spiro atoms. The van der Waals surface area contributed by atoms with Crippen molar-refractivity contribution in [3.63, 3.8) is 0 Å². The van der Waals surface area contributed by atoms with E-state index in [1.807, 2.05) is 26.0 Å². The Bertz CT molecular complexity index is 697. The van der Waals surface area contributed by atoms with Crippen molar-refractivity contribution in [3.05, 3.63) is 23.5 Å². The van der Waals surface area contributed by atoms with Crippen LogP contribution in [0.25, 0.3) is 5.65 Å². The number of anilines is 1. The lowest BCUT2D eigenvalue weighted by molar-refractivity contribution is -0.128. The van der Waals surface area contributed by atoms with Gasteiger partial charge in [0, 0.05) is 30.8 Å².